The quantitative estimate of drug-likeness (QED) is 0.353. The van der Waals surface area contributed by atoms with Crippen LogP contribution in [0.4, 0.5) is 15.9 Å². The van der Waals surface area contributed by atoms with E-state index < -0.39 is 6.67 Å². The lowest BCUT2D eigenvalue weighted by Crippen LogP contribution is -2.55. The maximum atomic E-state index is 12.8. The molecule has 2 aromatic carbocycles. The van der Waals surface area contributed by atoms with E-state index in [1.54, 1.807) is 4.90 Å². The molecular weight excluding hydrogens is 557 g/mol. The van der Waals surface area contributed by atoms with Crippen molar-refractivity contribution in [3.63, 3.8) is 0 Å². The fraction of sp³-hybridized carbons (Fsp3) is 0.471. The average Bonchev–Trinajstić information content (AvgIpc) is 3.46. The minimum absolute atomic E-state index is 0.185. The zero-order valence-corrected chi connectivity index (χ0v) is 25.6. The summed E-state index contributed by atoms with van der Waals surface area (Å²) in [4.78, 5) is 31.3. The van der Waals surface area contributed by atoms with Crippen molar-refractivity contribution in [1.82, 2.24) is 19.8 Å². The van der Waals surface area contributed by atoms with Gasteiger partial charge in [0.25, 0.3) is 0 Å². The van der Waals surface area contributed by atoms with Crippen molar-refractivity contribution in [3.05, 3.63) is 65.4 Å². The van der Waals surface area contributed by atoms with Crippen LogP contribution in [-0.2, 0) is 17.8 Å². The number of aromatic nitrogens is 2. The number of anilines is 2. The summed E-state index contributed by atoms with van der Waals surface area (Å²) in [6.45, 7) is 5.94. The number of hydrogen-bond acceptors (Lipinski definition) is 8. The molecular formula is C34H40FN7O2. The van der Waals surface area contributed by atoms with Crippen molar-refractivity contribution >= 4 is 28.2 Å². The van der Waals surface area contributed by atoms with Crippen molar-refractivity contribution < 1.29 is 13.9 Å². The largest absolute Gasteiger partial charge is 0.462 e. The normalized spacial score (nSPS) is 20.7. The fourth-order valence-corrected chi connectivity index (χ4v) is 6.91. The van der Waals surface area contributed by atoms with E-state index in [4.69, 9.17) is 14.7 Å². The van der Waals surface area contributed by atoms with Gasteiger partial charge in [-0.25, -0.2) is 4.39 Å². The molecule has 0 N–H and O–H groups in total. The second-order valence-electron chi connectivity index (χ2n) is 12.0. The summed E-state index contributed by atoms with van der Waals surface area (Å²) in [6, 6.07) is 15.5. The summed E-state index contributed by atoms with van der Waals surface area (Å²) < 4.78 is 19.0. The number of amides is 1. The Bertz CT molecular complexity index is 1580. The highest BCUT2D eigenvalue weighted by Crippen LogP contribution is 2.36. The zero-order chi connectivity index (χ0) is 30.6. The van der Waals surface area contributed by atoms with Gasteiger partial charge in [0.05, 0.1) is 30.8 Å². The monoisotopic (exact) mass is 597 g/mol. The highest BCUT2D eigenvalue weighted by Gasteiger charge is 2.34. The molecule has 4 heterocycles. The van der Waals surface area contributed by atoms with Crippen LogP contribution in [0.3, 0.4) is 0 Å². The summed E-state index contributed by atoms with van der Waals surface area (Å²) in [6.07, 6.45) is 5.68. The minimum atomic E-state index is -0.698. The van der Waals surface area contributed by atoms with Crippen LogP contribution in [-0.4, -0.2) is 90.8 Å². The Morgan fingerprint density at radius 2 is 1.95 bits per heavy atom. The number of aryl methyl sites for hydroxylation is 1. The average molecular weight is 598 g/mol. The molecule has 1 unspecified atom stereocenters. The van der Waals surface area contributed by atoms with Gasteiger partial charge >= 0.3 is 6.01 Å². The third kappa shape index (κ3) is 6.06. The van der Waals surface area contributed by atoms with Gasteiger partial charge in [-0.15, -0.1) is 0 Å². The van der Waals surface area contributed by atoms with Crippen molar-refractivity contribution in [3.8, 4) is 12.1 Å². The maximum Gasteiger partial charge on any atom is 0.318 e. The van der Waals surface area contributed by atoms with Crippen molar-refractivity contribution in [2.24, 2.45) is 0 Å². The molecule has 0 saturated carbocycles. The van der Waals surface area contributed by atoms with E-state index in [9.17, 15) is 14.4 Å². The lowest BCUT2D eigenvalue weighted by Gasteiger charge is -2.42. The van der Waals surface area contributed by atoms with Crippen LogP contribution in [0.5, 0.6) is 6.01 Å². The van der Waals surface area contributed by atoms with E-state index in [1.807, 2.05) is 0 Å². The Morgan fingerprint density at radius 3 is 2.73 bits per heavy atom. The Kier molecular flexibility index (Phi) is 8.94. The second kappa shape index (κ2) is 13.2. The molecule has 2 saturated heterocycles. The smallest absolute Gasteiger partial charge is 0.318 e. The molecule has 0 aliphatic carbocycles. The van der Waals surface area contributed by atoms with Gasteiger partial charge < -0.3 is 24.3 Å². The predicted molar refractivity (Wildman–Crippen MR) is 170 cm³/mol. The van der Waals surface area contributed by atoms with E-state index in [1.165, 1.54) is 34.2 Å². The van der Waals surface area contributed by atoms with Crippen LogP contribution in [0.25, 0.3) is 10.8 Å². The molecule has 0 spiro atoms. The zero-order valence-electron chi connectivity index (χ0n) is 25.6. The van der Waals surface area contributed by atoms with Crippen molar-refractivity contribution in [2.45, 2.75) is 51.2 Å². The molecule has 3 aromatic rings. The number of carbonyl (C=O) groups excluding carboxylic acids is 1. The first-order valence-electron chi connectivity index (χ1n) is 15.6. The predicted octanol–water partition coefficient (Wildman–Crippen LogP) is 4.43. The van der Waals surface area contributed by atoms with Gasteiger partial charge in [0.1, 0.15) is 19.1 Å². The van der Waals surface area contributed by atoms with Crippen LogP contribution >= 0.6 is 0 Å². The Labute approximate surface area is 258 Å². The Morgan fingerprint density at radius 1 is 1.11 bits per heavy atom. The number of likely N-dealkylation sites (tertiary alicyclic amines) is 1. The topological polar surface area (TPSA) is 88.8 Å². The fourth-order valence-electron chi connectivity index (χ4n) is 6.91. The second-order valence-corrected chi connectivity index (χ2v) is 12.0. The number of ether oxygens (including phenoxy) is 1. The summed E-state index contributed by atoms with van der Waals surface area (Å²) in [7, 11) is 2.13. The van der Waals surface area contributed by atoms with Crippen LogP contribution in [0.2, 0.25) is 0 Å². The number of carbonyl (C=O) groups is 1. The molecule has 6 rings (SSSR count). The van der Waals surface area contributed by atoms with E-state index in [0.717, 1.165) is 49.4 Å². The molecule has 44 heavy (non-hydrogen) atoms. The molecule has 1 amide bonds. The highest BCUT2D eigenvalue weighted by atomic mass is 19.1. The molecule has 1 aromatic heterocycles. The minimum Gasteiger partial charge on any atom is -0.462 e. The number of halogens is 1. The molecule has 0 bridgehead atoms. The molecule has 2 atom stereocenters. The SMILES string of the molecule is Cc1cccc2cccc(N3CCc4c(nc(OCC5CCCN5C)nc4N4CCN(C(=O)/C=C/CF)[C@@H](CC#N)C4)C3)c12. The van der Waals surface area contributed by atoms with Crippen molar-refractivity contribution in [1.29, 1.82) is 5.26 Å². The molecule has 0 radical (unpaired) electrons. The van der Waals surface area contributed by atoms with Crippen LogP contribution in [0.1, 0.15) is 36.1 Å². The number of nitrogens with zero attached hydrogens (tertiary/aromatic N) is 7. The molecule has 3 aliphatic heterocycles. The Hall–Kier alpha value is -4.23. The van der Waals surface area contributed by atoms with Crippen LogP contribution < -0.4 is 14.5 Å². The van der Waals surface area contributed by atoms with Crippen LogP contribution in [0, 0.1) is 18.3 Å². The molecule has 10 heteroatoms. The number of nitriles is 1. The standard InChI is InChI=1S/C34H40FN7O2/c1-24-7-3-8-25-9-4-11-30(32(24)25)40-18-14-28-29(22-40)37-34(44-23-27-10-6-17-39(27)2)38-33(28)41-19-20-42(26(21-41)13-16-36)31(43)12-5-15-35/h3-5,7-9,11-12,26-27H,6,10,13-15,17-23H2,1-2H3/b12-5+/t26-,27?/m0/s1. The highest BCUT2D eigenvalue weighted by molar-refractivity contribution is 5.97. The van der Waals surface area contributed by atoms with Gasteiger partial charge in [-0.05, 0) is 62.9 Å². The lowest BCUT2D eigenvalue weighted by molar-refractivity contribution is -0.128. The number of rotatable bonds is 8. The summed E-state index contributed by atoms with van der Waals surface area (Å²) in [5, 5.41) is 12.1. The van der Waals surface area contributed by atoms with Crippen LogP contribution in [0.15, 0.2) is 48.6 Å². The van der Waals surface area contributed by atoms with Gasteiger partial charge in [0, 0.05) is 54.9 Å². The number of likely N-dealkylation sites (N-methyl/N-ethyl adjacent to an activating group) is 1. The molecule has 9 nitrogen and oxygen atoms in total. The summed E-state index contributed by atoms with van der Waals surface area (Å²) >= 11 is 0. The first-order valence-corrected chi connectivity index (χ1v) is 15.6. The lowest BCUT2D eigenvalue weighted by atomic mass is 9.99. The number of allylic oxidation sites excluding steroid dienone is 1. The van der Waals surface area contributed by atoms with Gasteiger partial charge in [0.2, 0.25) is 5.91 Å². The van der Waals surface area contributed by atoms with Gasteiger partial charge in [-0.1, -0.05) is 30.3 Å². The summed E-state index contributed by atoms with van der Waals surface area (Å²) in [5.74, 6) is 0.561. The molecule has 230 valence electrons. The van der Waals surface area contributed by atoms with Gasteiger partial charge in [-0.3, -0.25) is 4.79 Å². The molecule has 3 aliphatic rings. The van der Waals surface area contributed by atoms with Gasteiger partial charge in [0.15, 0.2) is 0 Å². The van der Waals surface area contributed by atoms with E-state index in [0.29, 0.717) is 44.8 Å². The number of benzene rings is 2. The van der Waals surface area contributed by atoms with Gasteiger partial charge in [-0.2, -0.15) is 15.2 Å². The number of fused-ring (bicyclic) bond motifs is 2. The van der Waals surface area contributed by atoms with E-state index >= 15 is 0 Å². The number of piperazine rings is 1. The third-order valence-electron chi connectivity index (χ3n) is 9.27. The third-order valence-corrected chi connectivity index (χ3v) is 9.27. The van der Waals surface area contributed by atoms with Crippen molar-refractivity contribution in [2.75, 3.05) is 62.9 Å². The number of alkyl halides is 1. The molecule has 2 fully saturated rings. The number of hydrogen-bond donors (Lipinski definition) is 0. The Balaban J connectivity index is 1.32. The van der Waals surface area contributed by atoms with E-state index in [-0.39, 0.29) is 18.4 Å². The summed E-state index contributed by atoms with van der Waals surface area (Å²) in [5.41, 5.74) is 4.48. The van der Waals surface area contributed by atoms with E-state index in [2.05, 4.69) is 71.1 Å². The first kappa shape index (κ1) is 29.8. The first-order chi connectivity index (χ1) is 21.5. The maximum absolute atomic E-state index is 12.8.